The maximum Gasteiger partial charge on any atom is 0.306 e. The van der Waals surface area contributed by atoms with Crippen molar-refractivity contribution in [2.24, 2.45) is 11.8 Å². The molecule has 2 N–H and O–H groups in total. The lowest BCUT2D eigenvalue weighted by Gasteiger charge is -2.25. The van der Waals surface area contributed by atoms with Gasteiger partial charge >= 0.3 is 5.97 Å². The van der Waals surface area contributed by atoms with Crippen molar-refractivity contribution in [2.75, 3.05) is 5.32 Å². The molecule has 1 amide bonds. The van der Waals surface area contributed by atoms with Crippen molar-refractivity contribution in [1.29, 1.82) is 0 Å². The van der Waals surface area contributed by atoms with Crippen molar-refractivity contribution in [1.82, 2.24) is 0 Å². The summed E-state index contributed by atoms with van der Waals surface area (Å²) in [6.45, 7) is 0. The van der Waals surface area contributed by atoms with Crippen LogP contribution < -0.4 is 5.32 Å². The molecule has 5 heteroatoms. The van der Waals surface area contributed by atoms with Gasteiger partial charge < -0.3 is 10.4 Å². The van der Waals surface area contributed by atoms with E-state index in [-0.39, 0.29) is 17.7 Å². The maximum absolute atomic E-state index is 11.9. The second kappa shape index (κ2) is 6.75. The van der Waals surface area contributed by atoms with Gasteiger partial charge in [-0.05, 0) is 55.9 Å². The van der Waals surface area contributed by atoms with Crippen LogP contribution in [0.15, 0.2) is 24.3 Å². The van der Waals surface area contributed by atoms with Gasteiger partial charge in [-0.1, -0.05) is 11.6 Å². The van der Waals surface area contributed by atoms with Gasteiger partial charge in [0.2, 0.25) is 5.91 Å². The number of carboxylic acids is 1. The predicted molar refractivity (Wildman–Crippen MR) is 77.8 cm³/mol. The standard InChI is InChI=1S/C15H18ClNO3/c16-12-5-7-13(8-6-12)17-14(18)9-10-1-3-11(4-2-10)15(19)20/h5-8,10-11H,1-4,9H2,(H,17,18)(H,19,20). The molecule has 1 saturated carbocycles. The van der Waals surface area contributed by atoms with Gasteiger partial charge in [0.15, 0.2) is 0 Å². The first kappa shape index (κ1) is 14.9. The Hall–Kier alpha value is -1.55. The molecular weight excluding hydrogens is 278 g/mol. The molecule has 20 heavy (non-hydrogen) atoms. The number of hydrogen-bond acceptors (Lipinski definition) is 2. The molecule has 0 atom stereocenters. The first-order valence-electron chi connectivity index (χ1n) is 6.83. The summed E-state index contributed by atoms with van der Waals surface area (Å²) in [6, 6.07) is 6.99. The number of carboxylic acid groups (broad SMARTS) is 1. The normalized spacial score (nSPS) is 22.2. The largest absolute Gasteiger partial charge is 0.481 e. The van der Waals surface area contributed by atoms with E-state index >= 15 is 0 Å². The van der Waals surface area contributed by atoms with E-state index in [1.165, 1.54) is 0 Å². The van der Waals surface area contributed by atoms with Crippen molar-refractivity contribution in [3.05, 3.63) is 29.3 Å². The van der Waals surface area contributed by atoms with Crippen molar-refractivity contribution in [2.45, 2.75) is 32.1 Å². The molecular formula is C15H18ClNO3. The molecule has 1 aliphatic rings. The lowest BCUT2D eigenvalue weighted by molar-refractivity contribution is -0.143. The van der Waals surface area contributed by atoms with Gasteiger partial charge in [0.1, 0.15) is 0 Å². The van der Waals surface area contributed by atoms with E-state index in [2.05, 4.69) is 5.32 Å². The average Bonchev–Trinajstić information content (AvgIpc) is 2.42. The maximum atomic E-state index is 11.9. The summed E-state index contributed by atoms with van der Waals surface area (Å²) < 4.78 is 0. The van der Waals surface area contributed by atoms with Crippen LogP contribution >= 0.6 is 11.6 Å². The lowest BCUT2D eigenvalue weighted by Crippen LogP contribution is -2.24. The number of hydrogen-bond donors (Lipinski definition) is 2. The smallest absolute Gasteiger partial charge is 0.306 e. The second-order valence-corrected chi connectivity index (χ2v) is 5.75. The Bertz CT molecular complexity index is 478. The molecule has 4 nitrogen and oxygen atoms in total. The van der Waals surface area contributed by atoms with Crippen LogP contribution in [0.25, 0.3) is 0 Å². The highest BCUT2D eigenvalue weighted by Crippen LogP contribution is 2.31. The van der Waals surface area contributed by atoms with Gasteiger partial charge in [-0.25, -0.2) is 0 Å². The number of anilines is 1. The Morgan fingerprint density at radius 2 is 1.75 bits per heavy atom. The summed E-state index contributed by atoms with van der Waals surface area (Å²) in [4.78, 5) is 22.8. The minimum absolute atomic E-state index is 0.0221. The van der Waals surface area contributed by atoms with Crippen molar-refractivity contribution < 1.29 is 14.7 Å². The molecule has 0 aromatic heterocycles. The zero-order valence-corrected chi connectivity index (χ0v) is 11.9. The number of carbonyl (C=O) groups is 2. The zero-order chi connectivity index (χ0) is 14.5. The Morgan fingerprint density at radius 1 is 1.15 bits per heavy atom. The van der Waals surface area contributed by atoms with Crippen LogP contribution in [0.1, 0.15) is 32.1 Å². The van der Waals surface area contributed by atoms with Gasteiger partial charge in [-0.15, -0.1) is 0 Å². The Kier molecular flexibility index (Phi) is 5.01. The Morgan fingerprint density at radius 3 is 2.30 bits per heavy atom. The number of amides is 1. The van der Waals surface area contributed by atoms with Gasteiger partial charge in [0, 0.05) is 17.1 Å². The number of nitrogens with one attached hydrogen (secondary N) is 1. The molecule has 0 aliphatic heterocycles. The fourth-order valence-electron chi connectivity index (χ4n) is 2.62. The second-order valence-electron chi connectivity index (χ2n) is 5.32. The first-order valence-corrected chi connectivity index (χ1v) is 7.20. The third kappa shape index (κ3) is 4.23. The summed E-state index contributed by atoms with van der Waals surface area (Å²) in [5, 5.41) is 12.4. The van der Waals surface area contributed by atoms with Gasteiger partial charge in [0.05, 0.1) is 5.92 Å². The quantitative estimate of drug-likeness (QED) is 0.892. The van der Waals surface area contributed by atoms with E-state index in [0.29, 0.717) is 24.3 Å². The highest BCUT2D eigenvalue weighted by Gasteiger charge is 2.27. The topological polar surface area (TPSA) is 66.4 Å². The number of carbonyl (C=O) groups excluding carboxylic acids is 1. The molecule has 0 spiro atoms. The fourth-order valence-corrected chi connectivity index (χ4v) is 2.75. The van der Waals surface area contributed by atoms with Crippen LogP contribution in [0.3, 0.4) is 0 Å². The van der Waals surface area contributed by atoms with E-state index in [1.54, 1.807) is 24.3 Å². The molecule has 1 aromatic carbocycles. The van der Waals surface area contributed by atoms with Crippen LogP contribution in [0.2, 0.25) is 5.02 Å². The molecule has 108 valence electrons. The van der Waals surface area contributed by atoms with Crippen LogP contribution in [0.4, 0.5) is 5.69 Å². The minimum atomic E-state index is -0.714. The van der Waals surface area contributed by atoms with E-state index in [1.807, 2.05) is 0 Å². The monoisotopic (exact) mass is 295 g/mol. The van der Waals surface area contributed by atoms with Gasteiger partial charge in [-0.2, -0.15) is 0 Å². The van der Waals surface area contributed by atoms with Crippen LogP contribution in [0.5, 0.6) is 0 Å². The number of halogens is 1. The highest BCUT2D eigenvalue weighted by atomic mass is 35.5. The number of benzene rings is 1. The van der Waals surface area contributed by atoms with Gasteiger partial charge in [-0.3, -0.25) is 9.59 Å². The number of rotatable bonds is 4. The zero-order valence-electron chi connectivity index (χ0n) is 11.1. The molecule has 0 heterocycles. The third-order valence-electron chi connectivity index (χ3n) is 3.80. The number of aliphatic carboxylic acids is 1. The molecule has 0 saturated heterocycles. The SMILES string of the molecule is O=C(CC1CCC(C(=O)O)CC1)Nc1ccc(Cl)cc1. The summed E-state index contributed by atoms with van der Waals surface area (Å²) in [5.41, 5.74) is 0.735. The minimum Gasteiger partial charge on any atom is -0.481 e. The third-order valence-corrected chi connectivity index (χ3v) is 4.05. The summed E-state index contributed by atoms with van der Waals surface area (Å²) in [7, 11) is 0. The Balaban J connectivity index is 1.78. The van der Waals surface area contributed by atoms with E-state index < -0.39 is 5.97 Å². The molecule has 1 fully saturated rings. The molecule has 1 aliphatic carbocycles. The molecule has 0 radical (unpaired) electrons. The van der Waals surface area contributed by atoms with Crippen molar-refractivity contribution >= 4 is 29.2 Å². The van der Waals surface area contributed by atoms with E-state index in [4.69, 9.17) is 16.7 Å². The summed E-state index contributed by atoms with van der Waals surface area (Å²) in [5.74, 6) is -0.677. The van der Waals surface area contributed by atoms with Crippen molar-refractivity contribution in [3.8, 4) is 0 Å². The molecule has 0 bridgehead atoms. The highest BCUT2D eigenvalue weighted by molar-refractivity contribution is 6.30. The van der Waals surface area contributed by atoms with E-state index in [9.17, 15) is 9.59 Å². The lowest BCUT2D eigenvalue weighted by atomic mass is 9.80. The van der Waals surface area contributed by atoms with Gasteiger partial charge in [0.25, 0.3) is 0 Å². The molecule has 1 aromatic rings. The predicted octanol–water partition coefficient (Wildman–Crippen LogP) is 3.56. The molecule has 2 rings (SSSR count). The fraction of sp³-hybridized carbons (Fsp3) is 0.467. The van der Waals surface area contributed by atoms with Crippen molar-refractivity contribution in [3.63, 3.8) is 0 Å². The van der Waals surface area contributed by atoms with Crippen LogP contribution in [-0.2, 0) is 9.59 Å². The first-order chi connectivity index (χ1) is 9.54. The van der Waals surface area contributed by atoms with Crippen LogP contribution in [0, 0.1) is 11.8 Å². The molecule has 0 unspecified atom stereocenters. The van der Waals surface area contributed by atoms with Crippen LogP contribution in [-0.4, -0.2) is 17.0 Å². The van der Waals surface area contributed by atoms with E-state index in [0.717, 1.165) is 18.5 Å². The summed E-state index contributed by atoms with van der Waals surface area (Å²) >= 11 is 5.78. The summed E-state index contributed by atoms with van der Waals surface area (Å²) in [6.07, 6.45) is 3.42. The average molecular weight is 296 g/mol. The Labute approximate surface area is 123 Å².